The number of aromatic nitrogens is 2. The lowest BCUT2D eigenvalue weighted by atomic mass is 10.1. The fraction of sp³-hybridized carbons (Fsp3) is 0.786. The SMILES string of the molecule is Cc1nn(C(C)C)c(OC2CCCCCC2)c1N. The molecule has 0 aliphatic heterocycles. The van der Waals surface area contributed by atoms with E-state index in [1.807, 2.05) is 11.6 Å². The van der Waals surface area contributed by atoms with Gasteiger partial charge in [-0.1, -0.05) is 12.8 Å². The Labute approximate surface area is 110 Å². The Balaban J connectivity index is 2.16. The summed E-state index contributed by atoms with van der Waals surface area (Å²) >= 11 is 0. The molecule has 4 heteroatoms. The smallest absolute Gasteiger partial charge is 0.236 e. The van der Waals surface area contributed by atoms with Gasteiger partial charge in [-0.15, -0.1) is 0 Å². The molecule has 1 fully saturated rings. The number of anilines is 1. The number of ether oxygens (including phenoxy) is 1. The monoisotopic (exact) mass is 251 g/mol. The number of hydrogen-bond donors (Lipinski definition) is 1. The first-order valence-corrected chi connectivity index (χ1v) is 7.11. The number of nitrogens with zero attached hydrogens (tertiary/aromatic N) is 2. The van der Waals surface area contributed by atoms with E-state index in [1.54, 1.807) is 0 Å². The van der Waals surface area contributed by atoms with Gasteiger partial charge in [-0.25, -0.2) is 4.68 Å². The average Bonchev–Trinajstić information content (AvgIpc) is 2.56. The van der Waals surface area contributed by atoms with Crippen molar-refractivity contribution in [1.82, 2.24) is 9.78 Å². The molecule has 0 spiro atoms. The molecule has 0 atom stereocenters. The topological polar surface area (TPSA) is 53.1 Å². The van der Waals surface area contributed by atoms with Crippen LogP contribution in [0.5, 0.6) is 5.88 Å². The van der Waals surface area contributed by atoms with E-state index in [0.717, 1.165) is 24.4 Å². The van der Waals surface area contributed by atoms with E-state index in [4.69, 9.17) is 10.5 Å². The summed E-state index contributed by atoms with van der Waals surface area (Å²) < 4.78 is 8.07. The fourth-order valence-corrected chi connectivity index (χ4v) is 2.52. The molecule has 18 heavy (non-hydrogen) atoms. The Bertz CT molecular complexity index is 390. The molecule has 2 rings (SSSR count). The predicted octanol–water partition coefficient (Wildman–Crippen LogP) is 3.46. The van der Waals surface area contributed by atoms with Crippen molar-refractivity contribution < 1.29 is 4.74 Å². The molecule has 0 saturated heterocycles. The van der Waals surface area contributed by atoms with Crippen LogP contribution in [0.4, 0.5) is 5.69 Å². The number of rotatable bonds is 3. The molecule has 0 aromatic carbocycles. The van der Waals surface area contributed by atoms with Crippen LogP contribution >= 0.6 is 0 Å². The molecule has 1 aliphatic carbocycles. The summed E-state index contributed by atoms with van der Waals surface area (Å²) in [5, 5.41) is 4.47. The van der Waals surface area contributed by atoms with E-state index >= 15 is 0 Å². The van der Waals surface area contributed by atoms with Crippen LogP contribution in [-0.4, -0.2) is 15.9 Å². The summed E-state index contributed by atoms with van der Waals surface area (Å²) in [5.41, 5.74) is 7.66. The first-order valence-electron chi connectivity index (χ1n) is 7.11. The maximum atomic E-state index is 6.15. The number of nitrogen functional groups attached to an aromatic ring is 1. The zero-order valence-electron chi connectivity index (χ0n) is 11.8. The predicted molar refractivity (Wildman–Crippen MR) is 73.9 cm³/mol. The first-order chi connectivity index (χ1) is 8.59. The number of nitrogens with two attached hydrogens (primary N) is 1. The van der Waals surface area contributed by atoms with Gasteiger partial charge in [0.2, 0.25) is 5.88 Å². The minimum atomic E-state index is 0.279. The van der Waals surface area contributed by atoms with E-state index in [9.17, 15) is 0 Å². The van der Waals surface area contributed by atoms with Crippen molar-refractivity contribution in [1.29, 1.82) is 0 Å². The van der Waals surface area contributed by atoms with Crippen LogP contribution in [0.25, 0.3) is 0 Å². The maximum absolute atomic E-state index is 6.15. The highest BCUT2D eigenvalue weighted by Gasteiger charge is 2.21. The highest BCUT2D eigenvalue weighted by Crippen LogP contribution is 2.31. The van der Waals surface area contributed by atoms with Crippen molar-refractivity contribution in [3.8, 4) is 5.88 Å². The van der Waals surface area contributed by atoms with Gasteiger partial charge >= 0.3 is 0 Å². The Morgan fingerprint density at radius 3 is 2.39 bits per heavy atom. The van der Waals surface area contributed by atoms with Gasteiger partial charge in [0.05, 0.1) is 11.7 Å². The largest absolute Gasteiger partial charge is 0.473 e. The summed E-state index contributed by atoms with van der Waals surface area (Å²) in [6.07, 6.45) is 7.78. The van der Waals surface area contributed by atoms with E-state index in [1.165, 1.54) is 25.7 Å². The molecule has 1 aliphatic rings. The summed E-state index contributed by atoms with van der Waals surface area (Å²) in [4.78, 5) is 0. The van der Waals surface area contributed by atoms with Gasteiger partial charge in [0.25, 0.3) is 0 Å². The standard InChI is InChI=1S/C14H25N3O/c1-10(2)17-14(13(15)11(3)16-17)18-12-8-6-4-5-7-9-12/h10,12H,4-9,15H2,1-3H3. The van der Waals surface area contributed by atoms with Crippen LogP contribution < -0.4 is 10.5 Å². The van der Waals surface area contributed by atoms with Gasteiger partial charge in [-0.2, -0.15) is 5.10 Å². The molecule has 1 aromatic rings. The van der Waals surface area contributed by atoms with Gasteiger partial charge in [0.15, 0.2) is 0 Å². The van der Waals surface area contributed by atoms with Crippen LogP contribution in [0, 0.1) is 6.92 Å². The molecule has 0 radical (unpaired) electrons. The van der Waals surface area contributed by atoms with Crippen LogP contribution in [0.2, 0.25) is 0 Å². The summed E-state index contributed by atoms with van der Waals surface area (Å²) in [6.45, 7) is 6.14. The molecule has 0 unspecified atom stereocenters. The van der Waals surface area contributed by atoms with Gasteiger partial charge < -0.3 is 10.5 Å². The van der Waals surface area contributed by atoms with Crippen molar-refractivity contribution in [2.75, 3.05) is 5.73 Å². The van der Waals surface area contributed by atoms with Gasteiger partial charge in [-0.05, 0) is 46.5 Å². The lowest BCUT2D eigenvalue weighted by molar-refractivity contribution is 0.164. The van der Waals surface area contributed by atoms with Crippen molar-refractivity contribution in [3.05, 3.63) is 5.69 Å². The molecule has 2 N–H and O–H groups in total. The van der Waals surface area contributed by atoms with Crippen LogP contribution in [-0.2, 0) is 0 Å². The third kappa shape index (κ3) is 2.79. The van der Waals surface area contributed by atoms with Crippen LogP contribution in [0.3, 0.4) is 0 Å². The Hall–Kier alpha value is -1.19. The van der Waals surface area contributed by atoms with E-state index in [0.29, 0.717) is 11.8 Å². The fourth-order valence-electron chi connectivity index (χ4n) is 2.52. The average molecular weight is 251 g/mol. The lowest BCUT2D eigenvalue weighted by Gasteiger charge is -2.19. The van der Waals surface area contributed by atoms with Crippen molar-refractivity contribution in [3.63, 3.8) is 0 Å². The van der Waals surface area contributed by atoms with Gasteiger partial charge in [0.1, 0.15) is 11.8 Å². The molecule has 1 saturated carbocycles. The highest BCUT2D eigenvalue weighted by atomic mass is 16.5. The summed E-state index contributed by atoms with van der Waals surface area (Å²) in [7, 11) is 0. The Morgan fingerprint density at radius 1 is 1.22 bits per heavy atom. The van der Waals surface area contributed by atoms with Crippen LogP contribution in [0.15, 0.2) is 0 Å². The molecular weight excluding hydrogens is 226 g/mol. The van der Waals surface area contributed by atoms with Crippen molar-refractivity contribution >= 4 is 5.69 Å². The van der Waals surface area contributed by atoms with Gasteiger partial charge in [0, 0.05) is 0 Å². The zero-order chi connectivity index (χ0) is 13.1. The van der Waals surface area contributed by atoms with Crippen molar-refractivity contribution in [2.24, 2.45) is 0 Å². The third-order valence-electron chi connectivity index (χ3n) is 3.66. The normalized spacial score (nSPS) is 18.0. The van der Waals surface area contributed by atoms with Crippen LogP contribution in [0.1, 0.15) is 64.1 Å². The quantitative estimate of drug-likeness (QED) is 0.837. The zero-order valence-corrected chi connectivity index (χ0v) is 11.8. The third-order valence-corrected chi connectivity index (χ3v) is 3.66. The minimum absolute atomic E-state index is 0.279. The van der Waals surface area contributed by atoms with Gasteiger partial charge in [-0.3, -0.25) is 0 Å². The summed E-state index contributed by atoms with van der Waals surface area (Å²) in [6, 6.07) is 0.279. The Morgan fingerprint density at radius 2 is 1.83 bits per heavy atom. The van der Waals surface area contributed by atoms with E-state index in [2.05, 4.69) is 18.9 Å². The minimum Gasteiger partial charge on any atom is -0.473 e. The molecular formula is C14H25N3O. The maximum Gasteiger partial charge on any atom is 0.236 e. The second-order valence-electron chi connectivity index (χ2n) is 5.57. The second kappa shape index (κ2) is 5.63. The number of hydrogen-bond acceptors (Lipinski definition) is 3. The van der Waals surface area contributed by atoms with Crippen molar-refractivity contribution in [2.45, 2.75) is 71.4 Å². The molecule has 1 aromatic heterocycles. The molecule has 1 heterocycles. The van der Waals surface area contributed by atoms with E-state index in [-0.39, 0.29) is 6.04 Å². The molecule has 0 amide bonds. The lowest BCUT2D eigenvalue weighted by Crippen LogP contribution is -2.19. The second-order valence-corrected chi connectivity index (χ2v) is 5.57. The highest BCUT2D eigenvalue weighted by molar-refractivity contribution is 5.52. The molecule has 102 valence electrons. The van der Waals surface area contributed by atoms with E-state index < -0.39 is 0 Å². The Kier molecular flexibility index (Phi) is 4.15. The first kappa shape index (κ1) is 13.2. The number of aryl methyl sites for hydroxylation is 1. The molecule has 4 nitrogen and oxygen atoms in total. The molecule has 0 bridgehead atoms. The summed E-state index contributed by atoms with van der Waals surface area (Å²) in [5.74, 6) is 0.773.